The second kappa shape index (κ2) is 6.23. The number of thioether (sulfide) groups is 1. The number of nitrogens with one attached hydrogen (secondary N) is 1. The smallest absolute Gasteiger partial charge is 0.143 e. The predicted molar refractivity (Wildman–Crippen MR) is 83.6 cm³/mol. The number of nitrogen functional groups attached to an aromatic ring is 1. The Kier molecular flexibility index (Phi) is 4.85. The molecule has 1 aromatic carbocycles. The fourth-order valence-electron chi connectivity index (χ4n) is 2.62. The van der Waals surface area contributed by atoms with Crippen LogP contribution in [0, 0.1) is 5.82 Å². The standard InChI is InChI=1S/C14H20ClFN2S/c1-19-14(5-3-2-4-6-14)9-18-13-8-11(16)10(15)7-12(13)17/h7-8,18H,2-6,9,17H2,1H3. The number of anilines is 2. The van der Waals surface area contributed by atoms with E-state index in [1.165, 1.54) is 44.2 Å². The van der Waals surface area contributed by atoms with Gasteiger partial charge in [0.15, 0.2) is 0 Å². The van der Waals surface area contributed by atoms with Crippen molar-refractivity contribution in [3.63, 3.8) is 0 Å². The van der Waals surface area contributed by atoms with Gasteiger partial charge < -0.3 is 11.1 Å². The lowest BCUT2D eigenvalue weighted by atomic mass is 9.88. The summed E-state index contributed by atoms with van der Waals surface area (Å²) in [5.41, 5.74) is 7.01. The monoisotopic (exact) mass is 302 g/mol. The van der Waals surface area contributed by atoms with Crippen LogP contribution < -0.4 is 11.1 Å². The Labute approximate surface area is 123 Å². The molecule has 19 heavy (non-hydrogen) atoms. The van der Waals surface area contributed by atoms with Crippen molar-refractivity contribution in [2.24, 2.45) is 0 Å². The summed E-state index contributed by atoms with van der Waals surface area (Å²) in [5, 5.41) is 3.37. The van der Waals surface area contributed by atoms with E-state index in [4.69, 9.17) is 17.3 Å². The molecule has 0 aromatic heterocycles. The van der Waals surface area contributed by atoms with Gasteiger partial charge in [-0.3, -0.25) is 0 Å². The van der Waals surface area contributed by atoms with Crippen LogP contribution in [0.3, 0.4) is 0 Å². The van der Waals surface area contributed by atoms with E-state index < -0.39 is 5.82 Å². The van der Waals surface area contributed by atoms with E-state index in [1.54, 1.807) is 0 Å². The zero-order valence-electron chi connectivity index (χ0n) is 11.1. The molecule has 2 rings (SSSR count). The quantitative estimate of drug-likeness (QED) is 0.802. The minimum absolute atomic E-state index is 0.0697. The Morgan fingerprint density at radius 2 is 2.05 bits per heavy atom. The van der Waals surface area contributed by atoms with E-state index in [9.17, 15) is 4.39 Å². The van der Waals surface area contributed by atoms with Gasteiger partial charge in [0.25, 0.3) is 0 Å². The zero-order chi connectivity index (χ0) is 13.9. The third kappa shape index (κ3) is 3.48. The topological polar surface area (TPSA) is 38.0 Å². The fourth-order valence-corrected chi connectivity index (χ4v) is 3.71. The maximum absolute atomic E-state index is 13.5. The molecular weight excluding hydrogens is 283 g/mol. The first-order valence-electron chi connectivity index (χ1n) is 6.60. The van der Waals surface area contributed by atoms with Crippen molar-refractivity contribution in [1.29, 1.82) is 0 Å². The minimum atomic E-state index is -0.430. The first-order valence-corrected chi connectivity index (χ1v) is 8.20. The first kappa shape index (κ1) is 14.8. The molecule has 0 amide bonds. The third-order valence-corrected chi connectivity index (χ3v) is 5.60. The molecule has 0 spiro atoms. The molecule has 0 bridgehead atoms. The molecule has 1 aliphatic rings. The van der Waals surface area contributed by atoms with Crippen LogP contribution in [0.4, 0.5) is 15.8 Å². The largest absolute Gasteiger partial charge is 0.397 e. The molecule has 2 nitrogen and oxygen atoms in total. The minimum Gasteiger partial charge on any atom is -0.397 e. The lowest BCUT2D eigenvalue weighted by molar-refractivity contribution is 0.411. The van der Waals surface area contributed by atoms with Gasteiger partial charge in [-0.05, 0) is 25.2 Å². The van der Waals surface area contributed by atoms with Crippen LogP contribution in [0.15, 0.2) is 12.1 Å². The summed E-state index contributed by atoms with van der Waals surface area (Å²) in [4.78, 5) is 0. The summed E-state index contributed by atoms with van der Waals surface area (Å²) in [7, 11) is 0. The lowest BCUT2D eigenvalue weighted by Gasteiger charge is -2.36. The van der Waals surface area contributed by atoms with E-state index in [1.807, 2.05) is 11.8 Å². The van der Waals surface area contributed by atoms with Gasteiger partial charge in [-0.15, -0.1) is 0 Å². The van der Waals surface area contributed by atoms with E-state index >= 15 is 0 Å². The molecule has 0 heterocycles. The number of halogens is 2. The fraction of sp³-hybridized carbons (Fsp3) is 0.571. The van der Waals surface area contributed by atoms with Gasteiger partial charge in [0.1, 0.15) is 5.82 Å². The van der Waals surface area contributed by atoms with Gasteiger partial charge in [-0.1, -0.05) is 30.9 Å². The van der Waals surface area contributed by atoms with Crippen molar-refractivity contribution < 1.29 is 4.39 Å². The van der Waals surface area contributed by atoms with Gasteiger partial charge >= 0.3 is 0 Å². The molecule has 0 saturated heterocycles. The highest BCUT2D eigenvalue weighted by Crippen LogP contribution is 2.39. The maximum Gasteiger partial charge on any atom is 0.143 e. The summed E-state index contributed by atoms with van der Waals surface area (Å²) in [6, 6.07) is 2.85. The van der Waals surface area contributed by atoms with Gasteiger partial charge in [0.05, 0.1) is 16.4 Å². The van der Waals surface area contributed by atoms with Crippen LogP contribution in [0.2, 0.25) is 5.02 Å². The summed E-state index contributed by atoms with van der Waals surface area (Å²) >= 11 is 7.61. The molecule has 3 N–H and O–H groups in total. The maximum atomic E-state index is 13.5. The number of nitrogens with two attached hydrogens (primary N) is 1. The molecular formula is C14H20ClFN2S. The number of hydrogen-bond donors (Lipinski definition) is 2. The summed E-state index contributed by atoms with van der Waals surface area (Å²) in [5.74, 6) is -0.430. The van der Waals surface area contributed by atoms with Gasteiger partial charge in [-0.25, -0.2) is 4.39 Å². The highest BCUT2D eigenvalue weighted by molar-refractivity contribution is 8.00. The average Bonchev–Trinajstić information content (AvgIpc) is 2.42. The second-order valence-electron chi connectivity index (χ2n) is 5.15. The van der Waals surface area contributed by atoms with Crippen LogP contribution in [-0.4, -0.2) is 17.5 Å². The molecule has 0 unspecified atom stereocenters. The summed E-state index contributed by atoms with van der Waals surface area (Å²) in [6.07, 6.45) is 8.42. The van der Waals surface area contributed by atoms with Gasteiger partial charge in [0.2, 0.25) is 0 Å². The van der Waals surface area contributed by atoms with E-state index in [0.29, 0.717) is 11.4 Å². The van der Waals surface area contributed by atoms with E-state index in [0.717, 1.165) is 6.54 Å². The van der Waals surface area contributed by atoms with Crippen LogP contribution in [0.1, 0.15) is 32.1 Å². The highest BCUT2D eigenvalue weighted by atomic mass is 35.5. The Balaban J connectivity index is 2.07. The van der Waals surface area contributed by atoms with Crippen molar-refractivity contribution in [2.75, 3.05) is 23.9 Å². The number of rotatable bonds is 4. The van der Waals surface area contributed by atoms with Crippen molar-refractivity contribution in [2.45, 2.75) is 36.9 Å². The Bertz CT molecular complexity index is 447. The SMILES string of the molecule is CSC1(CNc2cc(F)c(Cl)cc2N)CCCCC1. The molecule has 0 atom stereocenters. The van der Waals surface area contributed by atoms with E-state index in [2.05, 4.69) is 11.6 Å². The van der Waals surface area contributed by atoms with Gasteiger partial charge in [0, 0.05) is 17.4 Å². The number of hydrogen-bond acceptors (Lipinski definition) is 3. The first-order chi connectivity index (χ1) is 9.06. The number of benzene rings is 1. The predicted octanol–water partition coefficient (Wildman–Crippen LogP) is 4.54. The van der Waals surface area contributed by atoms with Crippen LogP contribution in [0.25, 0.3) is 0 Å². The van der Waals surface area contributed by atoms with Crippen LogP contribution >= 0.6 is 23.4 Å². The molecule has 1 aromatic rings. The molecule has 0 aliphatic heterocycles. The molecule has 1 aliphatic carbocycles. The van der Waals surface area contributed by atoms with Crippen LogP contribution in [0.5, 0.6) is 0 Å². The Hall–Kier alpha value is -0.610. The Morgan fingerprint density at radius 3 is 2.68 bits per heavy atom. The molecule has 106 valence electrons. The van der Waals surface area contributed by atoms with E-state index in [-0.39, 0.29) is 9.77 Å². The Morgan fingerprint density at radius 1 is 1.37 bits per heavy atom. The summed E-state index contributed by atoms with van der Waals surface area (Å²) < 4.78 is 13.7. The normalized spacial score (nSPS) is 18.3. The summed E-state index contributed by atoms with van der Waals surface area (Å²) in [6.45, 7) is 0.819. The van der Waals surface area contributed by atoms with Crippen molar-refractivity contribution in [1.82, 2.24) is 0 Å². The molecule has 0 radical (unpaired) electrons. The zero-order valence-corrected chi connectivity index (χ0v) is 12.7. The van der Waals surface area contributed by atoms with Crippen molar-refractivity contribution >= 4 is 34.7 Å². The van der Waals surface area contributed by atoms with Gasteiger partial charge in [-0.2, -0.15) is 11.8 Å². The van der Waals surface area contributed by atoms with Crippen molar-refractivity contribution in [3.8, 4) is 0 Å². The average molecular weight is 303 g/mol. The molecule has 5 heteroatoms. The lowest BCUT2D eigenvalue weighted by Crippen LogP contribution is -2.35. The molecule has 1 fully saturated rings. The second-order valence-corrected chi connectivity index (χ2v) is 6.84. The third-order valence-electron chi connectivity index (χ3n) is 3.89. The van der Waals surface area contributed by atoms with Crippen molar-refractivity contribution in [3.05, 3.63) is 23.0 Å². The molecule has 1 saturated carbocycles. The highest BCUT2D eigenvalue weighted by Gasteiger charge is 2.31. The van der Waals surface area contributed by atoms with Crippen LogP contribution in [-0.2, 0) is 0 Å².